The Hall–Kier alpha value is -1.94. The van der Waals surface area contributed by atoms with Crippen LogP contribution in [0.15, 0.2) is 60.7 Å². The molecule has 2 aromatic carbocycles. The van der Waals surface area contributed by atoms with Gasteiger partial charge < -0.3 is 14.2 Å². The standard InChI is InChI=1S/C31H47O5P/c32-31(33)25-19-11-9-7-5-3-1-2-4-6-8-10-12-20-26-37(34,35-27-29-21-15-13-16-22-29)36-28-30-23-17-14-18-24-30/h13-18,21-24H,1-12,19-20,25-28H2,(H,32,33). The minimum atomic E-state index is -3.17. The lowest BCUT2D eigenvalue weighted by atomic mass is 10.0. The van der Waals surface area contributed by atoms with Crippen LogP contribution in [0.2, 0.25) is 0 Å². The fourth-order valence-electron chi connectivity index (χ4n) is 4.36. The molecule has 0 heterocycles. The third-order valence-electron chi connectivity index (χ3n) is 6.61. The van der Waals surface area contributed by atoms with Crippen LogP contribution in [0.1, 0.15) is 107 Å². The van der Waals surface area contributed by atoms with Gasteiger partial charge in [0.25, 0.3) is 0 Å². The van der Waals surface area contributed by atoms with Gasteiger partial charge >= 0.3 is 13.6 Å². The first-order valence-corrected chi connectivity index (χ1v) is 16.0. The molecule has 0 aliphatic rings. The highest BCUT2D eigenvalue weighted by Crippen LogP contribution is 2.50. The fourth-order valence-corrected chi connectivity index (χ4v) is 6.00. The number of carbonyl (C=O) groups is 1. The predicted molar refractivity (Wildman–Crippen MR) is 152 cm³/mol. The van der Waals surface area contributed by atoms with Gasteiger partial charge in [-0.25, -0.2) is 0 Å². The molecule has 0 radical (unpaired) electrons. The number of hydrogen-bond donors (Lipinski definition) is 1. The first-order chi connectivity index (χ1) is 18.1. The summed E-state index contributed by atoms with van der Waals surface area (Å²) >= 11 is 0. The van der Waals surface area contributed by atoms with E-state index >= 15 is 0 Å². The predicted octanol–water partition coefficient (Wildman–Crippen LogP) is 9.55. The molecular formula is C31H47O5P. The minimum absolute atomic E-state index is 0.303. The van der Waals surface area contributed by atoms with Crippen LogP contribution < -0.4 is 0 Å². The fraction of sp³-hybridized carbons (Fsp3) is 0.581. The third kappa shape index (κ3) is 16.5. The van der Waals surface area contributed by atoms with Gasteiger partial charge in [0.05, 0.1) is 19.4 Å². The lowest BCUT2D eigenvalue weighted by Crippen LogP contribution is -2.02. The molecule has 0 unspecified atom stereocenters. The quantitative estimate of drug-likeness (QED) is 0.114. The van der Waals surface area contributed by atoms with Crippen molar-refractivity contribution in [2.24, 2.45) is 0 Å². The lowest BCUT2D eigenvalue weighted by Gasteiger charge is -2.19. The Labute approximate surface area is 224 Å². The smallest absolute Gasteiger partial charge is 0.331 e. The summed E-state index contributed by atoms with van der Waals surface area (Å²) in [5.74, 6) is -0.680. The van der Waals surface area contributed by atoms with Crippen molar-refractivity contribution in [2.45, 2.75) is 110 Å². The minimum Gasteiger partial charge on any atom is -0.481 e. The van der Waals surface area contributed by atoms with Gasteiger partial charge in [-0.1, -0.05) is 138 Å². The first-order valence-electron chi connectivity index (χ1n) is 14.3. The zero-order chi connectivity index (χ0) is 26.4. The molecule has 0 atom stereocenters. The summed E-state index contributed by atoms with van der Waals surface area (Å²) in [7, 11) is -3.17. The van der Waals surface area contributed by atoms with E-state index in [9.17, 15) is 9.36 Å². The molecule has 0 bridgehead atoms. The SMILES string of the molecule is O=C(O)CCCCCCCCCCCCCCCCP(=O)(OCc1ccccc1)OCc1ccccc1. The average molecular weight is 531 g/mol. The number of carboxylic acids is 1. The van der Waals surface area contributed by atoms with Gasteiger partial charge in [-0.05, 0) is 24.0 Å². The summed E-state index contributed by atoms with van der Waals surface area (Å²) in [6.45, 7) is 0.606. The average Bonchev–Trinajstić information content (AvgIpc) is 2.92. The molecule has 6 heteroatoms. The van der Waals surface area contributed by atoms with Crippen LogP contribution in [0, 0.1) is 0 Å². The number of unbranched alkanes of at least 4 members (excludes halogenated alkanes) is 13. The van der Waals surface area contributed by atoms with E-state index in [2.05, 4.69) is 0 Å². The van der Waals surface area contributed by atoms with Crippen LogP contribution in [-0.4, -0.2) is 17.2 Å². The topological polar surface area (TPSA) is 72.8 Å². The van der Waals surface area contributed by atoms with Gasteiger partial charge in [0.1, 0.15) is 0 Å². The Balaban J connectivity index is 1.52. The van der Waals surface area contributed by atoms with Gasteiger partial charge in [0.15, 0.2) is 0 Å². The summed E-state index contributed by atoms with van der Waals surface area (Å²) in [6.07, 6.45) is 17.0. The molecule has 5 nitrogen and oxygen atoms in total. The Morgan fingerprint density at radius 2 is 0.919 bits per heavy atom. The molecule has 0 amide bonds. The Morgan fingerprint density at radius 1 is 0.568 bits per heavy atom. The Kier molecular flexibility index (Phi) is 17.0. The highest BCUT2D eigenvalue weighted by Gasteiger charge is 2.24. The van der Waals surface area contributed by atoms with Crippen LogP contribution >= 0.6 is 7.60 Å². The van der Waals surface area contributed by atoms with Gasteiger partial charge in [-0.2, -0.15) is 0 Å². The van der Waals surface area contributed by atoms with Crippen molar-refractivity contribution in [2.75, 3.05) is 6.16 Å². The molecule has 0 saturated heterocycles. The monoisotopic (exact) mass is 530 g/mol. The number of hydrogen-bond acceptors (Lipinski definition) is 4. The molecule has 2 rings (SSSR count). The summed E-state index contributed by atoms with van der Waals surface area (Å²) in [5, 5.41) is 8.64. The van der Waals surface area contributed by atoms with Crippen molar-refractivity contribution >= 4 is 13.6 Å². The highest BCUT2D eigenvalue weighted by atomic mass is 31.2. The van der Waals surface area contributed by atoms with Crippen LogP contribution in [0.25, 0.3) is 0 Å². The van der Waals surface area contributed by atoms with E-state index in [-0.39, 0.29) is 0 Å². The Morgan fingerprint density at radius 3 is 1.30 bits per heavy atom. The molecule has 2 aromatic rings. The van der Waals surface area contributed by atoms with E-state index in [1.54, 1.807) is 0 Å². The number of benzene rings is 2. The molecular weight excluding hydrogens is 483 g/mol. The summed E-state index contributed by atoms with van der Waals surface area (Å²) in [6, 6.07) is 19.7. The summed E-state index contributed by atoms with van der Waals surface area (Å²) in [4.78, 5) is 10.5. The van der Waals surface area contributed by atoms with Crippen molar-refractivity contribution in [1.29, 1.82) is 0 Å². The van der Waals surface area contributed by atoms with Crippen LogP contribution in [-0.2, 0) is 31.6 Å². The first kappa shape index (κ1) is 31.3. The van der Waals surface area contributed by atoms with Crippen LogP contribution in [0.5, 0.6) is 0 Å². The van der Waals surface area contributed by atoms with E-state index in [1.807, 2.05) is 60.7 Å². The maximum Gasteiger partial charge on any atom is 0.331 e. The summed E-state index contributed by atoms with van der Waals surface area (Å²) in [5.41, 5.74) is 2.00. The van der Waals surface area contributed by atoms with Crippen molar-refractivity contribution in [3.05, 3.63) is 71.8 Å². The molecule has 0 aromatic heterocycles. The summed E-state index contributed by atoms with van der Waals surface area (Å²) < 4.78 is 25.2. The molecule has 0 aliphatic carbocycles. The normalized spacial score (nSPS) is 11.6. The lowest BCUT2D eigenvalue weighted by molar-refractivity contribution is -0.137. The zero-order valence-electron chi connectivity index (χ0n) is 22.5. The molecule has 0 fully saturated rings. The number of carboxylic acid groups (broad SMARTS) is 1. The van der Waals surface area contributed by atoms with Gasteiger partial charge in [0.2, 0.25) is 0 Å². The van der Waals surface area contributed by atoms with Crippen molar-refractivity contribution < 1.29 is 23.5 Å². The second kappa shape index (κ2) is 20.1. The molecule has 0 spiro atoms. The molecule has 37 heavy (non-hydrogen) atoms. The second-order valence-corrected chi connectivity index (χ2v) is 12.1. The molecule has 0 aliphatic heterocycles. The van der Waals surface area contributed by atoms with Crippen molar-refractivity contribution in [1.82, 2.24) is 0 Å². The van der Waals surface area contributed by atoms with E-state index in [1.165, 1.54) is 51.4 Å². The third-order valence-corrected chi connectivity index (χ3v) is 8.52. The highest BCUT2D eigenvalue weighted by molar-refractivity contribution is 7.53. The van der Waals surface area contributed by atoms with Crippen LogP contribution in [0.3, 0.4) is 0 Å². The maximum atomic E-state index is 13.5. The molecule has 1 N–H and O–H groups in total. The zero-order valence-corrected chi connectivity index (χ0v) is 23.4. The number of rotatable bonds is 23. The Bertz CT molecular complexity index is 824. The second-order valence-electron chi connectivity index (χ2n) is 9.95. The van der Waals surface area contributed by atoms with Crippen LogP contribution in [0.4, 0.5) is 0 Å². The molecule has 206 valence electrons. The van der Waals surface area contributed by atoms with E-state index in [0.29, 0.717) is 25.8 Å². The van der Waals surface area contributed by atoms with E-state index in [0.717, 1.165) is 49.7 Å². The molecule has 0 saturated carbocycles. The van der Waals surface area contributed by atoms with Crippen molar-refractivity contribution in [3.8, 4) is 0 Å². The largest absolute Gasteiger partial charge is 0.481 e. The maximum absolute atomic E-state index is 13.5. The van der Waals surface area contributed by atoms with Gasteiger partial charge in [-0.3, -0.25) is 9.36 Å². The van der Waals surface area contributed by atoms with Gasteiger partial charge in [0, 0.05) is 6.42 Å². The van der Waals surface area contributed by atoms with E-state index < -0.39 is 13.6 Å². The van der Waals surface area contributed by atoms with Gasteiger partial charge in [-0.15, -0.1) is 0 Å². The number of aliphatic carboxylic acids is 1. The van der Waals surface area contributed by atoms with E-state index in [4.69, 9.17) is 14.2 Å². The van der Waals surface area contributed by atoms with Crippen molar-refractivity contribution in [3.63, 3.8) is 0 Å².